The maximum atomic E-state index is 8.60. The lowest BCUT2D eigenvalue weighted by atomic mass is 10.2. The van der Waals surface area contributed by atoms with E-state index in [9.17, 15) is 0 Å². The van der Waals surface area contributed by atoms with E-state index in [0.717, 1.165) is 24.2 Å². The van der Waals surface area contributed by atoms with Gasteiger partial charge in [0.2, 0.25) is 0 Å². The Kier molecular flexibility index (Phi) is 3.06. The Balaban J connectivity index is 2.99. The first-order chi connectivity index (χ1) is 6.20. The van der Waals surface area contributed by atoms with Crippen molar-refractivity contribution in [3.63, 3.8) is 0 Å². The second-order valence-corrected chi connectivity index (χ2v) is 3.05. The van der Waals surface area contributed by atoms with Gasteiger partial charge in [-0.1, -0.05) is 12.1 Å². The Morgan fingerprint density at radius 1 is 1.69 bits per heavy atom. The Morgan fingerprint density at radius 3 is 2.92 bits per heavy atom. The zero-order chi connectivity index (χ0) is 9.84. The largest absolute Gasteiger partial charge is 0.411 e. The normalized spacial score (nSPS) is 12.1. The lowest BCUT2D eigenvalue weighted by Gasteiger charge is -2.02. The lowest BCUT2D eigenvalue weighted by Crippen LogP contribution is -2.03. The molecule has 13 heavy (non-hydrogen) atoms. The third-order valence-corrected chi connectivity index (χ3v) is 2.08. The van der Waals surface area contributed by atoms with Gasteiger partial charge in [0.1, 0.15) is 0 Å². The first-order valence-corrected chi connectivity index (χ1v) is 4.42. The molecule has 4 nitrogen and oxygen atoms in total. The van der Waals surface area contributed by atoms with E-state index in [4.69, 9.17) is 5.21 Å². The van der Waals surface area contributed by atoms with Gasteiger partial charge in [-0.2, -0.15) is 5.10 Å². The van der Waals surface area contributed by atoms with Crippen molar-refractivity contribution in [1.82, 2.24) is 9.78 Å². The van der Waals surface area contributed by atoms with E-state index in [2.05, 4.69) is 17.2 Å². The Labute approximate surface area is 77.9 Å². The quantitative estimate of drug-likeness (QED) is 0.439. The molecule has 4 heteroatoms. The minimum absolute atomic E-state index is 0.611. The lowest BCUT2D eigenvalue weighted by molar-refractivity contribution is 0.319. The number of oxime groups is 1. The molecule has 0 radical (unpaired) electrons. The summed E-state index contributed by atoms with van der Waals surface area (Å²) in [5.41, 5.74) is 2.58. The average molecular weight is 181 g/mol. The summed E-state index contributed by atoms with van der Waals surface area (Å²) in [6, 6.07) is 0. The SMILES string of the molecule is CCCn1ncc(C(C)=NO)c1C. The van der Waals surface area contributed by atoms with Crippen LogP contribution in [-0.2, 0) is 6.54 Å². The number of aryl methyl sites for hydroxylation is 1. The molecule has 0 amide bonds. The molecule has 0 aliphatic heterocycles. The van der Waals surface area contributed by atoms with Crippen molar-refractivity contribution in [1.29, 1.82) is 0 Å². The van der Waals surface area contributed by atoms with Gasteiger partial charge in [-0.05, 0) is 20.3 Å². The van der Waals surface area contributed by atoms with Crippen LogP contribution in [0, 0.1) is 6.92 Å². The van der Waals surface area contributed by atoms with E-state index in [1.165, 1.54) is 0 Å². The summed E-state index contributed by atoms with van der Waals surface area (Å²) < 4.78 is 1.92. The maximum absolute atomic E-state index is 8.60. The molecule has 0 spiro atoms. The van der Waals surface area contributed by atoms with E-state index < -0.39 is 0 Å². The van der Waals surface area contributed by atoms with Gasteiger partial charge in [-0.3, -0.25) is 4.68 Å². The molecule has 1 aromatic rings. The molecule has 0 bridgehead atoms. The van der Waals surface area contributed by atoms with Crippen molar-refractivity contribution in [2.24, 2.45) is 5.16 Å². The van der Waals surface area contributed by atoms with Gasteiger partial charge < -0.3 is 5.21 Å². The van der Waals surface area contributed by atoms with Gasteiger partial charge in [-0.15, -0.1) is 0 Å². The van der Waals surface area contributed by atoms with Crippen LogP contribution in [0.2, 0.25) is 0 Å². The van der Waals surface area contributed by atoms with Crippen LogP contribution in [-0.4, -0.2) is 20.7 Å². The molecule has 1 N–H and O–H groups in total. The first-order valence-electron chi connectivity index (χ1n) is 4.42. The van der Waals surface area contributed by atoms with Crippen molar-refractivity contribution in [2.75, 3.05) is 0 Å². The summed E-state index contributed by atoms with van der Waals surface area (Å²) in [5, 5.41) is 16.0. The monoisotopic (exact) mass is 181 g/mol. The van der Waals surface area contributed by atoms with Gasteiger partial charge in [-0.25, -0.2) is 0 Å². The van der Waals surface area contributed by atoms with Crippen LogP contribution >= 0.6 is 0 Å². The van der Waals surface area contributed by atoms with Crippen molar-refractivity contribution in [3.05, 3.63) is 17.5 Å². The molecule has 1 aromatic heterocycles. The molecule has 0 unspecified atom stereocenters. The van der Waals surface area contributed by atoms with Crippen LogP contribution < -0.4 is 0 Å². The van der Waals surface area contributed by atoms with Crippen LogP contribution in [0.25, 0.3) is 0 Å². The van der Waals surface area contributed by atoms with E-state index in [1.807, 2.05) is 11.6 Å². The van der Waals surface area contributed by atoms with Crippen molar-refractivity contribution in [2.45, 2.75) is 33.7 Å². The number of aromatic nitrogens is 2. The third-order valence-electron chi connectivity index (χ3n) is 2.08. The molecule has 0 saturated carbocycles. The molecular weight excluding hydrogens is 166 g/mol. The van der Waals surface area contributed by atoms with E-state index in [-0.39, 0.29) is 0 Å². The number of hydrogen-bond donors (Lipinski definition) is 1. The smallest absolute Gasteiger partial charge is 0.0871 e. The molecule has 0 aliphatic carbocycles. The van der Waals surface area contributed by atoms with Crippen molar-refractivity contribution in [3.8, 4) is 0 Å². The molecule has 0 aliphatic rings. The van der Waals surface area contributed by atoms with Gasteiger partial charge in [0.25, 0.3) is 0 Å². The van der Waals surface area contributed by atoms with E-state index in [1.54, 1.807) is 13.1 Å². The molecule has 0 fully saturated rings. The molecule has 0 saturated heterocycles. The summed E-state index contributed by atoms with van der Waals surface area (Å²) in [6.07, 6.45) is 2.79. The zero-order valence-electron chi connectivity index (χ0n) is 8.28. The minimum Gasteiger partial charge on any atom is -0.411 e. The highest BCUT2D eigenvalue weighted by Crippen LogP contribution is 2.08. The molecular formula is C9H15N3O. The van der Waals surface area contributed by atoms with Crippen LogP contribution in [0.3, 0.4) is 0 Å². The number of hydrogen-bond acceptors (Lipinski definition) is 3. The summed E-state index contributed by atoms with van der Waals surface area (Å²) in [5.74, 6) is 0. The van der Waals surface area contributed by atoms with Crippen LogP contribution in [0.4, 0.5) is 0 Å². The highest BCUT2D eigenvalue weighted by atomic mass is 16.4. The molecule has 1 heterocycles. The van der Waals surface area contributed by atoms with E-state index >= 15 is 0 Å². The number of nitrogens with zero attached hydrogens (tertiary/aromatic N) is 3. The fraction of sp³-hybridized carbons (Fsp3) is 0.556. The fourth-order valence-electron chi connectivity index (χ4n) is 1.29. The summed E-state index contributed by atoms with van der Waals surface area (Å²) in [7, 11) is 0. The Bertz CT molecular complexity index is 315. The van der Waals surface area contributed by atoms with Gasteiger partial charge in [0, 0.05) is 17.8 Å². The molecule has 72 valence electrons. The molecule has 0 atom stereocenters. The molecule has 0 aromatic carbocycles. The third kappa shape index (κ3) is 1.88. The van der Waals surface area contributed by atoms with Crippen LogP contribution in [0.5, 0.6) is 0 Å². The fourth-order valence-corrected chi connectivity index (χ4v) is 1.29. The van der Waals surface area contributed by atoms with E-state index in [0.29, 0.717) is 5.71 Å². The number of rotatable bonds is 3. The standard InChI is InChI=1S/C9H15N3O/c1-4-5-12-8(3)9(6-10-12)7(2)11-13/h6,13H,4-5H2,1-3H3. The molecule has 1 rings (SSSR count). The van der Waals surface area contributed by atoms with Crippen LogP contribution in [0.1, 0.15) is 31.5 Å². The average Bonchev–Trinajstić information content (AvgIpc) is 2.48. The van der Waals surface area contributed by atoms with Gasteiger partial charge >= 0.3 is 0 Å². The predicted octanol–water partition coefficient (Wildman–Crippen LogP) is 1.80. The highest BCUT2D eigenvalue weighted by molar-refractivity contribution is 5.98. The van der Waals surface area contributed by atoms with Crippen molar-refractivity contribution < 1.29 is 5.21 Å². The highest BCUT2D eigenvalue weighted by Gasteiger charge is 2.07. The topological polar surface area (TPSA) is 50.4 Å². The van der Waals surface area contributed by atoms with Gasteiger partial charge in [0.05, 0.1) is 11.9 Å². The Morgan fingerprint density at radius 2 is 2.38 bits per heavy atom. The first kappa shape index (κ1) is 9.77. The second kappa shape index (κ2) is 4.07. The predicted molar refractivity (Wildman–Crippen MR) is 51.3 cm³/mol. The minimum atomic E-state index is 0.611. The summed E-state index contributed by atoms with van der Waals surface area (Å²) in [4.78, 5) is 0. The second-order valence-electron chi connectivity index (χ2n) is 3.05. The summed E-state index contributed by atoms with van der Waals surface area (Å²) >= 11 is 0. The maximum Gasteiger partial charge on any atom is 0.0871 e. The summed E-state index contributed by atoms with van der Waals surface area (Å²) in [6.45, 7) is 6.76. The van der Waals surface area contributed by atoms with Crippen LogP contribution in [0.15, 0.2) is 11.4 Å². The zero-order valence-corrected chi connectivity index (χ0v) is 8.28. The van der Waals surface area contributed by atoms with Gasteiger partial charge in [0.15, 0.2) is 0 Å². The Hall–Kier alpha value is -1.32. The van der Waals surface area contributed by atoms with Crippen molar-refractivity contribution >= 4 is 5.71 Å².